The smallest absolute Gasteiger partial charge is 0.159 e. The number of fused-ring (bicyclic) bond motifs is 3. The molecule has 0 N–H and O–H groups in total. The van der Waals surface area contributed by atoms with Crippen LogP contribution in [0.3, 0.4) is 0 Å². The van der Waals surface area contributed by atoms with Crippen molar-refractivity contribution in [1.29, 1.82) is 0 Å². The van der Waals surface area contributed by atoms with Crippen molar-refractivity contribution in [2.75, 3.05) is 9.80 Å². The molecule has 7 aromatic carbocycles. The van der Waals surface area contributed by atoms with Gasteiger partial charge in [0.2, 0.25) is 0 Å². The van der Waals surface area contributed by atoms with E-state index in [4.69, 9.17) is 9.97 Å². The predicted octanol–water partition coefficient (Wildman–Crippen LogP) is 12.2. The van der Waals surface area contributed by atoms with E-state index in [1.54, 1.807) is 0 Å². The van der Waals surface area contributed by atoms with Crippen LogP contribution in [0, 0.1) is 0 Å². The maximum Gasteiger partial charge on any atom is 0.159 e. The zero-order valence-corrected chi connectivity index (χ0v) is 27.8. The molecular formula is C46H33N5. The minimum absolute atomic E-state index is 0.695. The first-order valence-electron chi connectivity index (χ1n) is 17.1. The minimum Gasteiger partial charge on any atom is -0.310 e. The number of rotatable bonds is 8. The first-order chi connectivity index (χ1) is 25.3. The average molecular weight is 656 g/mol. The highest BCUT2D eigenvalue weighted by atomic mass is 15.2. The van der Waals surface area contributed by atoms with Gasteiger partial charge in [0, 0.05) is 39.1 Å². The normalized spacial score (nSPS) is 11.1. The second-order valence-electron chi connectivity index (χ2n) is 12.4. The molecule has 5 nitrogen and oxygen atoms in total. The fourth-order valence-corrected chi connectivity index (χ4v) is 7.00. The van der Waals surface area contributed by atoms with Crippen molar-refractivity contribution in [3.8, 4) is 17.1 Å². The SMILES string of the molecule is c1ccc(-c2ncc(-n3c4ccccc4c4c(N(c5ccccc5)c5ccccc5)cc(N(c5ccccc5)c5ccccc5)cc43)cn2)cc1. The molecule has 0 aliphatic heterocycles. The highest BCUT2D eigenvalue weighted by Gasteiger charge is 2.24. The molecule has 51 heavy (non-hydrogen) atoms. The van der Waals surface area contributed by atoms with E-state index in [2.05, 4.69) is 172 Å². The Kier molecular flexibility index (Phi) is 7.76. The molecule has 0 fully saturated rings. The van der Waals surface area contributed by atoms with Gasteiger partial charge >= 0.3 is 0 Å². The molecule has 0 saturated heterocycles. The molecule has 0 aliphatic carbocycles. The Labute approximate surface area is 297 Å². The van der Waals surface area contributed by atoms with Crippen LogP contribution < -0.4 is 9.80 Å². The van der Waals surface area contributed by atoms with Crippen LogP contribution in [-0.4, -0.2) is 14.5 Å². The van der Waals surface area contributed by atoms with Crippen molar-refractivity contribution in [3.05, 3.63) is 200 Å². The summed E-state index contributed by atoms with van der Waals surface area (Å²) in [5, 5.41) is 2.28. The van der Waals surface area contributed by atoms with Gasteiger partial charge in [-0.05, 0) is 66.7 Å². The lowest BCUT2D eigenvalue weighted by Gasteiger charge is -2.30. The molecule has 9 aromatic rings. The monoisotopic (exact) mass is 655 g/mol. The summed E-state index contributed by atoms with van der Waals surface area (Å²) in [5.41, 5.74) is 10.4. The maximum atomic E-state index is 4.87. The van der Waals surface area contributed by atoms with Crippen LogP contribution in [0.4, 0.5) is 34.1 Å². The zero-order valence-electron chi connectivity index (χ0n) is 27.8. The molecule has 0 bridgehead atoms. The summed E-state index contributed by atoms with van der Waals surface area (Å²) < 4.78 is 2.30. The fourth-order valence-electron chi connectivity index (χ4n) is 7.00. The first kappa shape index (κ1) is 30.1. The van der Waals surface area contributed by atoms with E-state index >= 15 is 0 Å². The Bertz CT molecular complexity index is 2470. The van der Waals surface area contributed by atoms with Crippen molar-refractivity contribution in [3.63, 3.8) is 0 Å². The van der Waals surface area contributed by atoms with Gasteiger partial charge in [0.05, 0.1) is 40.5 Å². The summed E-state index contributed by atoms with van der Waals surface area (Å²) in [6.45, 7) is 0. The second-order valence-corrected chi connectivity index (χ2v) is 12.4. The molecule has 0 radical (unpaired) electrons. The topological polar surface area (TPSA) is 37.2 Å². The Balaban J connectivity index is 1.38. The van der Waals surface area contributed by atoms with Gasteiger partial charge < -0.3 is 14.4 Å². The molecule has 0 spiro atoms. The lowest BCUT2D eigenvalue weighted by atomic mass is 10.1. The summed E-state index contributed by atoms with van der Waals surface area (Å²) in [5.74, 6) is 0.695. The zero-order chi connectivity index (χ0) is 34.0. The maximum absolute atomic E-state index is 4.87. The Morgan fingerprint density at radius 3 is 1.37 bits per heavy atom. The van der Waals surface area contributed by atoms with E-state index in [-0.39, 0.29) is 0 Å². The molecule has 0 amide bonds. The highest BCUT2D eigenvalue weighted by molar-refractivity contribution is 6.18. The largest absolute Gasteiger partial charge is 0.310 e. The quantitative estimate of drug-likeness (QED) is 0.163. The number of para-hydroxylation sites is 5. The van der Waals surface area contributed by atoms with E-state index < -0.39 is 0 Å². The molecule has 0 saturated carbocycles. The Morgan fingerprint density at radius 1 is 0.392 bits per heavy atom. The van der Waals surface area contributed by atoms with Crippen molar-refractivity contribution >= 4 is 55.9 Å². The lowest BCUT2D eigenvalue weighted by molar-refractivity contribution is 1.08. The van der Waals surface area contributed by atoms with Crippen LogP contribution in [-0.2, 0) is 0 Å². The van der Waals surface area contributed by atoms with Crippen molar-refractivity contribution in [1.82, 2.24) is 14.5 Å². The third-order valence-electron chi connectivity index (χ3n) is 9.22. The summed E-state index contributed by atoms with van der Waals surface area (Å²) in [4.78, 5) is 14.4. The fraction of sp³-hybridized carbons (Fsp3) is 0. The first-order valence-corrected chi connectivity index (χ1v) is 17.1. The van der Waals surface area contributed by atoms with Gasteiger partial charge in [0.15, 0.2) is 5.82 Å². The number of anilines is 6. The van der Waals surface area contributed by atoms with Gasteiger partial charge in [-0.3, -0.25) is 0 Å². The second kappa shape index (κ2) is 13.1. The van der Waals surface area contributed by atoms with Gasteiger partial charge in [-0.25, -0.2) is 9.97 Å². The third kappa shape index (κ3) is 5.57. The van der Waals surface area contributed by atoms with E-state index in [1.807, 2.05) is 42.7 Å². The number of aromatic nitrogens is 3. The molecule has 9 rings (SSSR count). The van der Waals surface area contributed by atoms with Crippen molar-refractivity contribution < 1.29 is 0 Å². The van der Waals surface area contributed by atoms with Gasteiger partial charge in [-0.2, -0.15) is 0 Å². The number of benzene rings is 7. The van der Waals surface area contributed by atoms with Crippen LogP contribution in [0.1, 0.15) is 0 Å². The highest BCUT2D eigenvalue weighted by Crippen LogP contribution is 2.47. The van der Waals surface area contributed by atoms with Gasteiger partial charge in [-0.15, -0.1) is 0 Å². The van der Waals surface area contributed by atoms with E-state index in [9.17, 15) is 0 Å². The van der Waals surface area contributed by atoms with E-state index in [0.29, 0.717) is 5.82 Å². The van der Waals surface area contributed by atoms with E-state index in [1.165, 1.54) is 0 Å². The third-order valence-corrected chi connectivity index (χ3v) is 9.22. The summed E-state index contributed by atoms with van der Waals surface area (Å²) in [7, 11) is 0. The van der Waals surface area contributed by atoms with Crippen LogP contribution in [0.5, 0.6) is 0 Å². The Hall–Kier alpha value is -6.98. The molecule has 5 heteroatoms. The number of hydrogen-bond acceptors (Lipinski definition) is 4. The number of hydrogen-bond donors (Lipinski definition) is 0. The molecule has 0 atom stereocenters. The molecule has 2 aromatic heterocycles. The van der Waals surface area contributed by atoms with Gasteiger partial charge in [-0.1, -0.05) is 121 Å². The summed E-state index contributed by atoms with van der Waals surface area (Å²) in [6, 6.07) is 65.7. The number of nitrogens with zero attached hydrogens (tertiary/aromatic N) is 5. The molecule has 0 aliphatic rings. The molecule has 242 valence electrons. The van der Waals surface area contributed by atoms with Crippen molar-refractivity contribution in [2.24, 2.45) is 0 Å². The van der Waals surface area contributed by atoms with Gasteiger partial charge in [0.1, 0.15) is 0 Å². The summed E-state index contributed by atoms with van der Waals surface area (Å²) >= 11 is 0. The lowest BCUT2D eigenvalue weighted by Crippen LogP contribution is -2.14. The van der Waals surface area contributed by atoms with Crippen LogP contribution in [0.15, 0.2) is 200 Å². The van der Waals surface area contributed by atoms with E-state index in [0.717, 1.165) is 67.2 Å². The predicted molar refractivity (Wildman–Crippen MR) is 211 cm³/mol. The Morgan fingerprint density at radius 2 is 0.843 bits per heavy atom. The minimum atomic E-state index is 0.695. The summed E-state index contributed by atoms with van der Waals surface area (Å²) in [6.07, 6.45) is 3.87. The average Bonchev–Trinajstić information content (AvgIpc) is 3.54. The van der Waals surface area contributed by atoms with Crippen LogP contribution >= 0.6 is 0 Å². The van der Waals surface area contributed by atoms with Crippen molar-refractivity contribution in [2.45, 2.75) is 0 Å². The van der Waals surface area contributed by atoms with Crippen LogP contribution in [0.25, 0.3) is 38.9 Å². The van der Waals surface area contributed by atoms with Crippen LogP contribution in [0.2, 0.25) is 0 Å². The molecule has 0 unspecified atom stereocenters. The standard InChI is InChI=1S/C46H33N5/c1-6-18-34(19-7-1)46-47-32-40(33-48-46)51-42-29-17-16-28-41(42)45-43(50(37-24-12-4-13-25-37)38-26-14-5-15-27-38)30-39(31-44(45)51)49(35-20-8-2-9-21-35)36-22-10-3-11-23-36/h1-33H. The molecular weight excluding hydrogens is 623 g/mol. The van der Waals surface area contributed by atoms with Gasteiger partial charge in [0.25, 0.3) is 0 Å². The molecule has 2 heterocycles.